The van der Waals surface area contributed by atoms with Crippen molar-refractivity contribution in [2.24, 2.45) is 7.05 Å². The Morgan fingerprint density at radius 2 is 2.05 bits per heavy atom. The highest BCUT2D eigenvalue weighted by molar-refractivity contribution is 7.22. The zero-order valence-electron chi connectivity index (χ0n) is 21.9. The lowest BCUT2D eigenvalue weighted by molar-refractivity contribution is -0.142. The highest BCUT2D eigenvalue weighted by Gasteiger charge is 2.22. The number of hydrogen-bond acceptors (Lipinski definition) is 8. The number of halogens is 1. The van der Waals surface area contributed by atoms with E-state index in [1.165, 1.54) is 5.57 Å². The van der Waals surface area contributed by atoms with Crippen molar-refractivity contribution in [3.63, 3.8) is 0 Å². The number of rotatable bonds is 6. The lowest BCUT2D eigenvalue weighted by Crippen LogP contribution is -2.20. The molecule has 0 spiro atoms. The van der Waals surface area contributed by atoms with Crippen molar-refractivity contribution >= 4 is 55.9 Å². The van der Waals surface area contributed by atoms with Crippen LogP contribution >= 0.6 is 22.9 Å². The van der Waals surface area contributed by atoms with E-state index in [-0.39, 0.29) is 12.4 Å². The summed E-state index contributed by atoms with van der Waals surface area (Å²) < 4.78 is 8.06. The average Bonchev–Trinajstić information content (AvgIpc) is 3.51. The van der Waals surface area contributed by atoms with E-state index in [9.17, 15) is 4.79 Å². The van der Waals surface area contributed by atoms with Gasteiger partial charge in [-0.15, -0.1) is 11.3 Å². The molecule has 0 bridgehead atoms. The van der Waals surface area contributed by atoms with Gasteiger partial charge in [0.2, 0.25) is 0 Å². The van der Waals surface area contributed by atoms with Crippen molar-refractivity contribution in [2.45, 2.75) is 26.7 Å². The summed E-state index contributed by atoms with van der Waals surface area (Å²) in [5.41, 5.74) is 8.95. The van der Waals surface area contributed by atoms with Gasteiger partial charge in [0.05, 0.1) is 29.4 Å². The van der Waals surface area contributed by atoms with E-state index >= 15 is 0 Å². The van der Waals surface area contributed by atoms with E-state index in [2.05, 4.69) is 11.4 Å². The van der Waals surface area contributed by atoms with Gasteiger partial charge in [-0.25, -0.2) is 19.6 Å². The molecule has 3 aromatic heterocycles. The molecule has 10 heteroatoms. The monoisotopic (exact) mass is 558 g/mol. The third kappa shape index (κ3) is 4.82. The van der Waals surface area contributed by atoms with Crippen LogP contribution < -0.4 is 5.32 Å². The molecule has 5 aromatic rings. The maximum absolute atomic E-state index is 12.6. The molecule has 2 aromatic carbocycles. The number of nitrogens with one attached hydrogen (secondary N) is 1. The highest BCUT2D eigenvalue weighted by Crippen LogP contribution is 2.41. The van der Waals surface area contributed by atoms with Crippen LogP contribution in [0.2, 0.25) is 5.02 Å². The predicted octanol–water partition coefficient (Wildman–Crippen LogP) is 5.75. The molecular formula is C29H27ClN6O2S. The van der Waals surface area contributed by atoms with E-state index in [1.807, 2.05) is 51.2 Å². The number of aryl methyl sites for hydroxylation is 2. The number of fused-ring (bicyclic) bond motifs is 2. The number of carbonyl (C=O) groups is 1. The van der Waals surface area contributed by atoms with Crippen LogP contribution in [0.3, 0.4) is 0 Å². The number of carbonyl (C=O) groups excluding carboxylic acids is 1. The number of hydrogen-bond donors (Lipinski definition) is 1. The lowest BCUT2D eigenvalue weighted by Gasteiger charge is -2.14. The zero-order valence-corrected chi connectivity index (χ0v) is 23.5. The second-order valence-electron chi connectivity index (χ2n) is 9.49. The van der Waals surface area contributed by atoms with Crippen LogP contribution in [0.15, 0.2) is 42.6 Å². The molecule has 4 heterocycles. The van der Waals surface area contributed by atoms with Crippen LogP contribution in [-0.4, -0.2) is 50.4 Å². The Morgan fingerprint density at radius 1 is 1.23 bits per heavy atom. The van der Waals surface area contributed by atoms with E-state index in [0.717, 1.165) is 73.8 Å². The Labute approximate surface area is 234 Å². The van der Waals surface area contributed by atoms with Crippen LogP contribution in [-0.2, 0) is 23.0 Å². The Hall–Kier alpha value is -3.66. The van der Waals surface area contributed by atoms with Gasteiger partial charge in [0.15, 0.2) is 5.65 Å². The summed E-state index contributed by atoms with van der Waals surface area (Å²) in [6.07, 6.45) is 5.00. The number of aromatic nitrogens is 5. The van der Waals surface area contributed by atoms with Crippen molar-refractivity contribution in [3.8, 4) is 21.8 Å². The molecule has 39 heavy (non-hydrogen) atoms. The molecule has 8 nitrogen and oxygen atoms in total. The lowest BCUT2D eigenvalue weighted by atomic mass is 9.93. The first-order chi connectivity index (χ1) is 18.9. The van der Waals surface area contributed by atoms with E-state index in [0.29, 0.717) is 17.3 Å². The molecule has 0 saturated carbocycles. The fourth-order valence-corrected chi connectivity index (χ4v) is 6.25. The van der Waals surface area contributed by atoms with Gasteiger partial charge >= 0.3 is 5.97 Å². The van der Waals surface area contributed by atoms with Gasteiger partial charge in [-0.1, -0.05) is 29.8 Å². The Morgan fingerprint density at radius 3 is 2.79 bits per heavy atom. The second-order valence-corrected chi connectivity index (χ2v) is 10.9. The van der Waals surface area contributed by atoms with Gasteiger partial charge in [-0.05, 0) is 67.3 Å². The SMILES string of the molecule is CCOC(=O)Cc1c(C)cc2nc(-c3cnc4c(n3)c(C3=CCNCC3)nn4C)sc2c1-c1ccc(Cl)cc1. The molecule has 0 atom stereocenters. The minimum Gasteiger partial charge on any atom is -0.466 e. The van der Waals surface area contributed by atoms with Gasteiger partial charge in [-0.2, -0.15) is 5.10 Å². The first-order valence-corrected chi connectivity index (χ1v) is 14.1. The van der Waals surface area contributed by atoms with Gasteiger partial charge < -0.3 is 10.1 Å². The standard InChI is InChI=1S/C29H27ClN6O2S/c1-4-38-23(37)14-20-16(2)13-21-27(24(20)17-5-7-19(30)8-6-17)39-29(34-21)22-15-32-28-26(33-22)25(35-36(28)3)18-9-11-31-12-10-18/h5-9,13,15,31H,4,10-12,14H2,1-3H3. The summed E-state index contributed by atoms with van der Waals surface area (Å²) in [6.45, 7) is 5.89. The quantitative estimate of drug-likeness (QED) is 0.265. The Kier molecular flexibility index (Phi) is 6.88. The van der Waals surface area contributed by atoms with Crippen molar-refractivity contribution in [2.75, 3.05) is 19.7 Å². The molecule has 1 N–H and O–H groups in total. The summed E-state index contributed by atoms with van der Waals surface area (Å²) in [5.74, 6) is -0.257. The predicted molar refractivity (Wildman–Crippen MR) is 156 cm³/mol. The van der Waals surface area contributed by atoms with Crippen LogP contribution in [0, 0.1) is 6.92 Å². The summed E-state index contributed by atoms with van der Waals surface area (Å²) in [5, 5.41) is 9.50. The fraction of sp³-hybridized carbons (Fsp3) is 0.276. The molecule has 1 aliphatic heterocycles. The molecule has 0 fully saturated rings. The number of benzene rings is 2. The van der Waals surface area contributed by atoms with Gasteiger partial charge in [0.1, 0.15) is 21.9 Å². The second kappa shape index (κ2) is 10.5. The highest BCUT2D eigenvalue weighted by atomic mass is 35.5. The topological polar surface area (TPSA) is 94.8 Å². The number of ether oxygens (including phenoxy) is 1. The van der Waals surface area contributed by atoms with Crippen molar-refractivity contribution < 1.29 is 9.53 Å². The molecular weight excluding hydrogens is 532 g/mol. The van der Waals surface area contributed by atoms with E-state index < -0.39 is 0 Å². The minimum atomic E-state index is -0.257. The average molecular weight is 559 g/mol. The molecule has 0 aliphatic carbocycles. The minimum absolute atomic E-state index is 0.176. The molecule has 6 rings (SSSR count). The smallest absolute Gasteiger partial charge is 0.310 e. The van der Waals surface area contributed by atoms with Gasteiger partial charge in [-0.3, -0.25) is 4.79 Å². The number of esters is 1. The Bertz CT molecular complexity index is 1760. The summed E-state index contributed by atoms with van der Waals surface area (Å²) in [6, 6.07) is 9.71. The fourth-order valence-electron chi connectivity index (χ4n) is 5.03. The molecule has 0 radical (unpaired) electrons. The van der Waals surface area contributed by atoms with Crippen molar-refractivity contribution in [1.29, 1.82) is 0 Å². The summed E-state index contributed by atoms with van der Waals surface area (Å²) in [7, 11) is 1.89. The van der Waals surface area contributed by atoms with Crippen molar-refractivity contribution in [3.05, 3.63) is 64.4 Å². The molecule has 1 aliphatic rings. The van der Waals surface area contributed by atoms with Crippen LogP contribution in [0.1, 0.15) is 30.2 Å². The summed E-state index contributed by atoms with van der Waals surface area (Å²) in [4.78, 5) is 27.3. The number of nitrogens with zero attached hydrogens (tertiary/aromatic N) is 5. The maximum atomic E-state index is 12.6. The van der Waals surface area contributed by atoms with E-state index in [4.69, 9.17) is 36.4 Å². The van der Waals surface area contributed by atoms with Crippen LogP contribution in [0.4, 0.5) is 0 Å². The maximum Gasteiger partial charge on any atom is 0.310 e. The zero-order chi connectivity index (χ0) is 27.1. The first-order valence-electron chi connectivity index (χ1n) is 12.9. The normalized spacial score (nSPS) is 13.7. The van der Waals surface area contributed by atoms with Gasteiger partial charge in [0.25, 0.3) is 0 Å². The number of thiazole rings is 1. The van der Waals surface area contributed by atoms with Crippen molar-refractivity contribution in [1.82, 2.24) is 30.0 Å². The van der Waals surface area contributed by atoms with Crippen LogP contribution in [0.5, 0.6) is 0 Å². The van der Waals surface area contributed by atoms with Gasteiger partial charge in [0, 0.05) is 24.2 Å². The Balaban J connectivity index is 1.52. The van der Waals surface area contributed by atoms with E-state index in [1.54, 1.807) is 22.2 Å². The third-order valence-electron chi connectivity index (χ3n) is 6.89. The van der Waals surface area contributed by atoms with Crippen LogP contribution in [0.25, 0.3) is 48.8 Å². The molecule has 0 unspecified atom stereocenters. The third-order valence-corrected chi connectivity index (χ3v) is 8.26. The largest absolute Gasteiger partial charge is 0.466 e. The molecule has 0 saturated heterocycles. The summed E-state index contributed by atoms with van der Waals surface area (Å²) >= 11 is 7.75. The first kappa shape index (κ1) is 25.6. The molecule has 198 valence electrons. The molecule has 0 amide bonds.